The first-order valence-electron chi connectivity index (χ1n) is 5.22. The lowest BCUT2D eigenvalue weighted by Crippen LogP contribution is -2.27. The summed E-state index contributed by atoms with van der Waals surface area (Å²) in [7, 11) is 0. The van der Waals surface area contributed by atoms with Crippen molar-refractivity contribution in [3.8, 4) is 0 Å². The first kappa shape index (κ1) is 13.1. The molecule has 1 heterocycles. The van der Waals surface area contributed by atoms with Crippen LogP contribution in [0.1, 0.15) is 35.4 Å². The molecule has 0 fully saturated rings. The highest BCUT2D eigenvalue weighted by Crippen LogP contribution is 2.15. The lowest BCUT2D eigenvalue weighted by Gasteiger charge is -2.03. The molecule has 1 amide bonds. The molecule has 1 rings (SSSR count). The highest BCUT2D eigenvalue weighted by molar-refractivity contribution is 7.09. The van der Waals surface area contributed by atoms with Crippen LogP contribution >= 0.6 is 11.3 Å². The Bertz CT molecular complexity index is 339. The fourth-order valence-electron chi connectivity index (χ4n) is 1.07. The van der Waals surface area contributed by atoms with Crippen molar-refractivity contribution in [1.82, 2.24) is 10.3 Å². The van der Waals surface area contributed by atoms with Gasteiger partial charge < -0.3 is 15.8 Å². The second kappa shape index (κ2) is 6.57. The van der Waals surface area contributed by atoms with Crippen LogP contribution in [-0.2, 0) is 4.74 Å². The third kappa shape index (κ3) is 3.88. The van der Waals surface area contributed by atoms with E-state index in [-0.39, 0.29) is 11.9 Å². The maximum Gasteiger partial charge on any atom is 0.270 e. The summed E-state index contributed by atoms with van der Waals surface area (Å²) < 4.78 is 5.11. The number of nitrogens with one attached hydrogen (secondary N) is 1. The van der Waals surface area contributed by atoms with Gasteiger partial charge in [-0.3, -0.25) is 4.79 Å². The van der Waals surface area contributed by atoms with Crippen molar-refractivity contribution >= 4 is 17.2 Å². The highest BCUT2D eigenvalue weighted by Gasteiger charge is 2.11. The number of aromatic nitrogens is 1. The van der Waals surface area contributed by atoms with Gasteiger partial charge in [-0.25, -0.2) is 4.98 Å². The van der Waals surface area contributed by atoms with E-state index in [1.807, 2.05) is 13.8 Å². The number of hydrogen-bond acceptors (Lipinski definition) is 5. The van der Waals surface area contributed by atoms with E-state index in [1.165, 1.54) is 11.3 Å². The number of nitrogens with two attached hydrogens (primary N) is 1. The Balaban J connectivity index is 2.40. The molecule has 0 radical (unpaired) electrons. The smallest absolute Gasteiger partial charge is 0.270 e. The Morgan fingerprint density at radius 1 is 1.75 bits per heavy atom. The van der Waals surface area contributed by atoms with Crippen molar-refractivity contribution < 1.29 is 9.53 Å². The number of hydrogen-bond donors (Lipinski definition) is 2. The normalized spacial score (nSPS) is 12.4. The molecule has 90 valence electrons. The monoisotopic (exact) mass is 243 g/mol. The Morgan fingerprint density at radius 3 is 3.06 bits per heavy atom. The molecule has 0 aliphatic carbocycles. The van der Waals surface area contributed by atoms with Crippen molar-refractivity contribution in [3.05, 3.63) is 16.1 Å². The van der Waals surface area contributed by atoms with E-state index >= 15 is 0 Å². The SMILES string of the molecule is CCOCCNC(=O)c1csc(C(C)N)n1. The van der Waals surface area contributed by atoms with Crippen LogP contribution in [0.25, 0.3) is 0 Å². The summed E-state index contributed by atoms with van der Waals surface area (Å²) in [5, 5.41) is 5.22. The molecule has 1 aromatic rings. The topological polar surface area (TPSA) is 77.2 Å². The summed E-state index contributed by atoms with van der Waals surface area (Å²) >= 11 is 1.40. The molecule has 3 N–H and O–H groups in total. The van der Waals surface area contributed by atoms with Gasteiger partial charge in [0.05, 0.1) is 12.6 Å². The van der Waals surface area contributed by atoms with Crippen LogP contribution in [0.15, 0.2) is 5.38 Å². The molecule has 0 saturated heterocycles. The average molecular weight is 243 g/mol. The number of amides is 1. The summed E-state index contributed by atoms with van der Waals surface area (Å²) in [4.78, 5) is 15.7. The van der Waals surface area contributed by atoms with E-state index in [1.54, 1.807) is 5.38 Å². The van der Waals surface area contributed by atoms with E-state index in [0.29, 0.717) is 25.5 Å². The predicted octanol–water partition coefficient (Wildman–Crippen LogP) is 0.929. The number of rotatable bonds is 6. The molecular weight excluding hydrogens is 226 g/mol. The second-order valence-electron chi connectivity index (χ2n) is 3.31. The summed E-state index contributed by atoms with van der Waals surface area (Å²) in [6, 6.07) is -0.130. The van der Waals surface area contributed by atoms with Gasteiger partial charge in [-0.05, 0) is 13.8 Å². The zero-order valence-corrected chi connectivity index (χ0v) is 10.3. The van der Waals surface area contributed by atoms with Crippen LogP contribution in [0.5, 0.6) is 0 Å². The summed E-state index contributed by atoms with van der Waals surface area (Å²) in [6.07, 6.45) is 0. The summed E-state index contributed by atoms with van der Waals surface area (Å²) in [5.41, 5.74) is 6.09. The zero-order valence-electron chi connectivity index (χ0n) is 9.53. The van der Waals surface area contributed by atoms with Gasteiger partial charge in [0.1, 0.15) is 10.7 Å². The van der Waals surface area contributed by atoms with Crippen LogP contribution in [0.4, 0.5) is 0 Å². The lowest BCUT2D eigenvalue weighted by atomic mass is 10.4. The fourth-order valence-corrected chi connectivity index (χ4v) is 1.83. The molecule has 0 bridgehead atoms. The van der Waals surface area contributed by atoms with Crippen LogP contribution in [0.2, 0.25) is 0 Å². The van der Waals surface area contributed by atoms with Crippen LogP contribution in [0, 0.1) is 0 Å². The number of carbonyl (C=O) groups is 1. The van der Waals surface area contributed by atoms with Gasteiger partial charge in [-0.1, -0.05) is 0 Å². The molecule has 0 aliphatic heterocycles. The van der Waals surface area contributed by atoms with Crippen molar-refractivity contribution in [2.75, 3.05) is 19.8 Å². The summed E-state index contributed by atoms with van der Waals surface area (Å²) in [5.74, 6) is -0.178. The third-order valence-electron chi connectivity index (χ3n) is 1.88. The molecule has 16 heavy (non-hydrogen) atoms. The van der Waals surface area contributed by atoms with Crippen molar-refractivity contribution in [2.45, 2.75) is 19.9 Å². The van der Waals surface area contributed by atoms with E-state index in [2.05, 4.69) is 10.3 Å². The molecular formula is C10H17N3O2S. The van der Waals surface area contributed by atoms with Gasteiger partial charge in [0.15, 0.2) is 0 Å². The molecule has 0 saturated carbocycles. The first-order chi connectivity index (χ1) is 7.65. The quantitative estimate of drug-likeness (QED) is 0.729. The number of nitrogens with zero attached hydrogens (tertiary/aromatic N) is 1. The van der Waals surface area contributed by atoms with Gasteiger partial charge in [-0.15, -0.1) is 11.3 Å². The van der Waals surface area contributed by atoms with Crippen LogP contribution in [0.3, 0.4) is 0 Å². The number of carbonyl (C=O) groups excluding carboxylic acids is 1. The largest absolute Gasteiger partial charge is 0.380 e. The first-order valence-corrected chi connectivity index (χ1v) is 6.10. The Hall–Kier alpha value is -0.980. The second-order valence-corrected chi connectivity index (χ2v) is 4.20. The van der Waals surface area contributed by atoms with Gasteiger partial charge in [-0.2, -0.15) is 0 Å². The number of ether oxygens (including phenoxy) is 1. The summed E-state index contributed by atoms with van der Waals surface area (Å²) in [6.45, 7) is 5.43. The third-order valence-corrected chi connectivity index (χ3v) is 2.93. The van der Waals surface area contributed by atoms with E-state index < -0.39 is 0 Å². The van der Waals surface area contributed by atoms with Gasteiger partial charge in [0.25, 0.3) is 5.91 Å². The van der Waals surface area contributed by atoms with Gasteiger partial charge in [0, 0.05) is 18.5 Å². The van der Waals surface area contributed by atoms with Crippen molar-refractivity contribution in [1.29, 1.82) is 0 Å². The maximum absolute atomic E-state index is 11.6. The fraction of sp³-hybridized carbons (Fsp3) is 0.600. The van der Waals surface area contributed by atoms with Crippen LogP contribution < -0.4 is 11.1 Å². The molecule has 6 heteroatoms. The van der Waals surface area contributed by atoms with E-state index in [4.69, 9.17) is 10.5 Å². The van der Waals surface area contributed by atoms with E-state index in [0.717, 1.165) is 5.01 Å². The maximum atomic E-state index is 11.6. The minimum absolute atomic E-state index is 0.130. The minimum Gasteiger partial charge on any atom is -0.380 e. The number of thiazole rings is 1. The minimum atomic E-state index is -0.178. The van der Waals surface area contributed by atoms with Crippen molar-refractivity contribution in [2.24, 2.45) is 5.73 Å². The van der Waals surface area contributed by atoms with Crippen LogP contribution in [-0.4, -0.2) is 30.6 Å². The van der Waals surface area contributed by atoms with Crippen molar-refractivity contribution in [3.63, 3.8) is 0 Å². The molecule has 1 atom stereocenters. The van der Waals surface area contributed by atoms with Gasteiger partial charge >= 0.3 is 0 Å². The molecule has 0 aliphatic rings. The molecule has 0 aromatic carbocycles. The van der Waals surface area contributed by atoms with Gasteiger partial charge in [0.2, 0.25) is 0 Å². The molecule has 1 unspecified atom stereocenters. The standard InChI is InChI=1S/C10H17N3O2S/c1-3-15-5-4-12-9(14)8-6-16-10(13-8)7(2)11/h6-7H,3-5,11H2,1-2H3,(H,12,14). The van der Waals surface area contributed by atoms with E-state index in [9.17, 15) is 4.79 Å². The molecule has 1 aromatic heterocycles. The Labute approximate surface area is 99.0 Å². The molecule has 5 nitrogen and oxygen atoms in total. The zero-order chi connectivity index (χ0) is 12.0. The average Bonchev–Trinajstić information content (AvgIpc) is 2.73. The molecule has 0 spiro atoms. The predicted molar refractivity (Wildman–Crippen MR) is 63.5 cm³/mol. The highest BCUT2D eigenvalue weighted by atomic mass is 32.1. The Kier molecular flexibility index (Phi) is 5.37. The Morgan fingerprint density at radius 2 is 2.50 bits per heavy atom. The lowest BCUT2D eigenvalue weighted by molar-refractivity contribution is 0.0918.